The van der Waals surface area contributed by atoms with Crippen molar-refractivity contribution in [1.82, 2.24) is 10.3 Å². The summed E-state index contributed by atoms with van der Waals surface area (Å²) in [5.74, 6) is 1.70. The molecule has 0 spiro atoms. The van der Waals surface area contributed by atoms with Crippen molar-refractivity contribution < 1.29 is 33.3 Å². The Bertz CT molecular complexity index is 1630. The zero-order valence-electron chi connectivity index (χ0n) is 27.4. The fraction of sp³-hybridized carbons (Fsp3) is 0.378. The smallest absolute Gasteiger partial charge is 0.408 e. The summed E-state index contributed by atoms with van der Waals surface area (Å²) in [5.41, 5.74) is 2.12. The molecule has 1 saturated carbocycles. The fourth-order valence-electron chi connectivity index (χ4n) is 5.30. The number of methoxy groups -OCH3 is 1. The monoisotopic (exact) mass is 641 g/mol. The molecule has 1 aliphatic rings. The molecular weight excluding hydrogens is 598 g/mol. The van der Waals surface area contributed by atoms with Gasteiger partial charge in [0.2, 0.25) is 0 Å². The van der Waals surface area contributed by atoms with Gasteiger partial charge >= 0.3 is 12.1 Å². The molecule has 10 nitrogen and oxygen atoms in total. The average Bonchev–Trinajstić information content (AvgIpc) is 3.56. The molecular formula is C37H43N3O7. The molecule has 4 aromatic rings. The Hall–Kier alpha value is -4.99. The van der Waals surface area contributed by atoms with Crippen LogP contribution in [0, 0.1) is 0 Å². The molecule has 2 N–H and O–H groups in total. The maximum absolute atomic E-state index is 13.0. The summed E-state index contributed by atoms with van der Waals surface area (Å²) < 4.78 is 29.1. The highest BCUT2D eigenvalue weighted by Crippen LogP contribution is 2.37. The van der Waals surface area contributed by atoms with Crippen molar-refractivity contribution in [2.45, 2.75) is 77.2 Å². The van der Waals surface area contributed by atoms with Crippen molar-refractivity contribution in [3.05, 3.63) is 84.6 Å². The topological polar surface area (TPSA) is 117 Å². The van der Waals surface area contributed by atoms with Gasteiger partial charge in [0.15, 0.2) is 11.5 Å². The SMILES string of the molecule is COc1cc2c(Oc3ccc(NCc4ccccc4)cc3)ccnc2cc1OCC[C@H](NC(=O)OC(C)(C)C)C(=O)OC1CCCC1. The Balaban J connectivity index is 1.24. The number of amides is 1. The summed E-state index contributed by atoms with van der Waals surface area (Å²) in [5, 5.41) is 6.82. The van der Waals surface area contributed by atoms with Crippen molar-refractivity contribution in [3.63, 3.8) is 0 Å². The van der Waals surface area contributed by atoms with Gasteiger partial charge in [-0.3, -0.25) is 4.98 Å². The van der Waals surface area contributed by atoms with Crippen LogP contribution >= 0.6 is 0 Å². The molecule has 47 heavy (non-hydrogen) atoms. The number of fused-ring (bicyclic) bond motifs is 1. The van der Waals surface area contributed by atoms with E-state index in [0.717, 1.165) is 43.3 Å². The summed E-state index contributed by atoms with van der Waals surface area (Å²) in [6, 6.07) is 22.4. The lowest BCUT2D eigenvalue weighted by molar-refractivity contribution is -0.151. The molecule has 1 fully saturated rings. The zero-order chi connectivity index (χ0) is 33.2. The highest BCUT2D eigenvalue weighted by atomic mass is 16.6. The van der Waals surface area contributed by atoms with E-state index in [4.69, 9.17) is 23.7 Å². The quantitative estimate of drug-likeness (QED) is 0.141. The maximum atomic E-state index is 13.0. The predicted octanol–water partition coefficient (Wildman–Crippen LogP) is 7.80. The van der Waals surface area contributed by atoms with Gasteiger partial charge in [-0.25, -0.2) is 9.59 Å². The van der Waals surface area contributed by atoms with Gasteiger partial charge in [-0.1, -0.05) is 30.3 Å². The number of carbonyl (C=O) groups is 2. The van der Waals surface area contributed by atoms with Gasteiger partial charge in [0.1, 0.15) is 29.2 Å². The van der Waals surface area contributed by atoms with E-state index in [2.05, 4.69) is 27.8 Å². The number of carbonyl (C=O) groups excluding carboxylic acids is 2. The third kappa shape index (κ3) is 9.75. The Morgan fingerprint density at radius 3 is 2.38 bits per heavy atom. The average molecular weight is 642 g/mol. The summed E-state index contributed by atoms with van der Waals surface area (Å²) in [4.78, 5) is 30.1. The van der Waals surface area contributed by atoms with Crippen LogP contribution in [0.3, 0.4) is 0 Å². The number of rotatable bonds is 13. The van der Waals surface area contributed by atoms with Gasteiger partial charge in [0, 0.05) is 36.3 Å². The van der Waals surface area contributed by atoms with E-state index in [1.54, 1.807) is 46.2 Å². The molecule has 1 amide bonds. The molecule has 1 aliphatic carbocycles. The van der Waals surface area contributed by atoms with Crippen LogP contribution in [0.2, 0.25) is 0 Å². The van der Waals surface area contributed by atoms with E-state index in [0.29, 0.717) is 28.5 Å². The van der Waals surface area contributed by atoms with Gasteiger partial charge in [0.05, 0.1) is 19.2 Å². The standard InChI is InChI=1S/C37H43N3O7/c1-37(2,3)47-36(42)40-30(35(41)46-27-12-8-9-13-27)19-21-44-34-23-31-29(22-33(34)43-4)32(18-20-38-31)45-28-16-14-26(15-17-28)39-24-25-10-6-5-7-11-25/h5-7,10-11,14-18,20,22-23,27,30,39H,8-9,12-13,19,21,24H2,1-4H3,(H,40,42)/t30-/m0/s1. The van der Waals surface area contributed by atoms with Crippen LogP contribution < -0.4 is 24.8 Å². The fourth-order valence-corrected chi connectivity index (χ4v) is 5.30. The number of esters is 1. The number of benzene rings is 3. The summed E-state index contributed by atoms with van der Waals surface area (Å²) in [6.45, 7) is 6.12. The highest BCUT2D eigenvalue weighted by Gasteiger charge is 2.29. The lowest BCUT2D eigenvalue weighted by Crippen LogP contribution is -2.45. The molecule has 0 bridgehead atoms. The van der Waals surface area contributed by atoms with E-state index >= 15 is 0 Å². The first kappa shape index (κ1) is 33.4. The number of hydrogen-bond acceptors (Lipinski definition) is 9. The number of ether oxygens (including phenoxy) is 5. The minimum absolute atomic E-state index is 0.100. The van der Waals surface area contributed by atoms with E-state index < -0.39 is 23.7 Å². The summed E-state index contributed by atoms with van der Waals surface area (Å²) in [6.07, 6.45) is 4.70. The molecule has 1 heterocycles. The molecule has 10 heteroatoms. The third-order valence-corrected chi connectivity index (χ3v) is 7.63. The second kappa shape index (κ2) is 15.5. The maximum Gasteiger partial charge on any atom is 0.408 e. The minimum Gasteiger partial charge on any atom is -0.493 e. The van der Waals surface area contributed by atoms with Crippen LogP contribution in [-0.4, -0.2) is 48.5 Å². The number of hydrogen-bond donors (Lipinski definition) is 2. The van der Waals surface area contributed by atoms with Crippen LogP contribution in [0.4, 0.5) is 10.5 Å². The molecule has 0 radical (unpaired) electrons. The number of aromatic nitrogens is 1. The largest absolute Gasteiger partial charge is 0.493 e. The van der Waals surface area contributed by atoms with E-state index in [1.807, 2.05) is 48.5 Å². The number of nitrogens with one attached hydrogen (secondary N) is 2. The Morgan fingerprint density at radius 2 is 1.68 bits per heavy atom. The van der Waals surface area contributed by atoms with Gasteiger partial charge in [0.25, 0.3) is 0 Å². The van der Waals surface area contributed by atoms with Crippen LogP contribution in [0.5, 0.6) is 23.0 Å². The number of alkyl carbamates (subject to hydrolysis) is 1. The van der Waals surface area contributed by atoms with Crippen LogP contribution in [-0.2, 0) is 20.8 Å². The van der Waals surface area contributed by atoms with Crippen molar-refractivity contribution in [2.75, 3.05) is 19.0 Å². The predicted molar refractivity (Wildman–Crippen MR) is 180 cm³/mol. The minimum atomic E-state index is -0.935. The van der Waals surface area contributed by atoms with E-state index in [1.165, 1.54) is 5.56 Å². The Morgan fingerprint density at radius 1 is 0.936 bits per heavy atom. The second-order valence-corrected chi connectivity index (χ2v) is 12.5. The molecule has 3 aromatic carbocycles. The van der Waals surface area contributed by atoms with Crippen molar-refractivity contribution >= 4 is 28.7 Å². The first-order chi connectivity index (χ1) is 22.7. The van der Waals surface area contributed by atoms with Gasteiger partial charge in [-0.2, -0.15) is 0 Å². The zero-order valence-corrected chi connectivity index (χ0v) is 27.4. The lowest BCUT2D eigenvalue weighted by atomic mass is 10.1. The number of anilines is 1. The van der Waals surface area contributed by atoms with Crippen molar-refractivity contribution in [3.8, 4) is 23.0 Å². The number of pyridine rings is 1. The van der Waals surface area contributed by atoms with Gasteiger partial charge in [-0.05, 0) is 88.4 Å². The molecule has 0 saturated heterocycles. The van der Waals surface area contributed by atoms with Crippen LogP contribution in [0.25, 0.3) is 10.9 Å². The van der Waals surface area contributed by atoms with Crippen molar-refractivity contribution in [2.24, 2.45) is 0 Å². The molecule has 0 aliphatic heterocycles. The van der Waals surface area contributed by atoms with Crippen LogP contribution in [0.15, 0.2) is 79.0 Å². The third-order valence-electron chi connectivity index (χ3n) is 7.63. The summed E-state index contributed by atoms with van der Waals surface area (Å²) >= 11 is 0. The first-order valence-electron chi connectivity index (χ1n) is 16.0. The normalized spacial score (nSPS) is 13.9. The highest BCUT2D eigenvalue weighted by molar-refractivity contribution is 5.88. The van der Waals surface area contributed by atoms with Crippen molar-refractivity contribution in [1.29, 1.82) is 0 Å². The second-order valence-electron chi connectivity index (χ2n) is 12.5. The van der Waals surface area contributed by atoms with Crippen LogP contribution in [0.1, 0.15) is 58.4 Å². The van der Waals surface area contributed by atoms with Gasteiger partial charge < -0.3 is 34.3 Å². The van der Waals surface area contributed by atoms with E-state index in [9.17, 15) is 9.59 Å². The molecule has 1 atom stereocenters. The molecule has 248 valence electrons. The molecule has 1 aromatic heterocycles. The number of nitrogens with zero attached hydrogens (tertiary/aromatic N) is 1. The first-order valence-corrected chi connectivity index (χ1v) is 16.0. The van der Waals surface area contributed by atoms with E-state index in [-0.39, 0.29) is 19.1 Å². The van der Waals surface area contributed by atoms with Gasteiger partial charge in [-0.15, -0.1) is 0 Å². The molecule has 5 rings (SSSR count). The summed E-state index contributed by atoms with van der Waals surface area (Å²) in [7, 11) is 1.55. The lowest BCUT2D eigenvalue weighted by Gasteiger charge is -2.24. The Labute approximate surface area is 275 Å². The molecule has 0 unspecified atom stereocenters. The Kier molecular flexibility index (Phi) is 11.0.